The Bertz CT molecular complexity index is 189. The molecule has 82 valence electrons. The summed E-state index contributed by atoms with van der Waals surface area (Å²) in [5.41, 5.74) is 0. The van der Waals surface area contributed by atoms with Crippen molar-refractivity contribution in [2.24, 2.45) is 0 Å². The molecular weight excluding hydrogens is 202 g/mol. The van der Waals surface area contributed by atoms with Gasteiger partial charge in [-0.2, -0.15) is 11.8 Å². The molecule has 0 unspecified atom stereocenters. The van der Waals surface area contributed by atoms with Crippen molar-refractivity contribution in [3.05, 3.63) is 0 Å². The number of esters is 1. The molecule has 14 heavy (non-hydrogen) atoms. The Morgan fingerprint density at radius 3 is 3.14 bits per heavy atom. The third-order valence-corrected chi connectivity index (χ3v) is 3.59. The van der Waals surface area contributed by atoms with E-state index in [4.69, 9.17) is 5.11 Å². The average Bonchev–Trinajstić information content (AvgIpc) is 2.66. The van der Waals surface area contributed by atoms with E-state index in [0.717, 1.165) is 25.1 Å². The second-order valence-corrected chi connectivity index (χ2v) is 4.70. The fourth-order valence-corrected chi connectivity index (χ4v) is 2.64. The van der Waals surface area contributed by atoms with Gasteiger partial charge in [-0.3, -0.25) is 4.79 Å². The second kappa shape index (κ2) is 6.27. The maximum Gasteiger partial charge on any atom is 0.322 e. The Labute approximate surface area is 88.4 Å². The topological polar surface area (TPSA) is 58.6 Å². The number of methoxy groups -OCH3 is 1. The Kier molecular flexibility index (Phi) is 5.29. The lowest BCUT2D eigenvalue weighted by molar-refractivity contribution is -0.142. The summed E-state index contributed by atoms with van der Waals surface area (Å²) in [6.07, 6.45) is 1.66. The van der Waals surface area contributed by atoms with E-state index < -0.39 is 0 Å². The third-order valence-electron chi connectivity index (χ3n) is 2.23. The van der Waals surface area contributed by atoms with Gasteiger partial charge in [0.2, 0.25) is 0 Å². The van der Waals surface area contributed by atoms with Gasteiger partial charge in [-0.1, -0.05) is 0 Å². The van der Waals surface area contributed by atoms with Crippen LogP contribution in [0.2, 0.25) is 0 Å². The van der Waals surface area contributed by atoms with Crippen LogP contribution in [0.1, 0.15) is 12.8 Å². The minimum absolute atomic E-state index is 0.133. The number of hydrogen-bond donors (Lipinski definition) is 2. The molecule has 5 heteroatoms. The maximum absolute atomic E-state index is 11.2. The largest absolute Gasteiger partial charge is 0.468 e. The van der Waals surface area contributed by atoms with Gasteiger partial charge in [0, 0.05) is 18.4 Å². The number of ether oxygens (including phenoxy) is 1. The number of carbonyl (C=O) groups is 1. The first kappa shape index (κ1) is 11.8. The van der Waals surface area contributed by atoms with Gasteiger partial charge in [0.05, 0.1) is 7.11 Å². The molecule has 0 spiro atoms. The molecule has 0 aromatic rings. The fraction of sp³-hybridized carbons (Fsp3) is 0.889. The zero-order valence-corrected chi connectivity index (χ0v) is 9.18. The first-order chi connectivity index (χ1) is 6.77. The van der Waals surface area contributed by atoms with Crippen molar-refractivity contribution < 1.29 is 14.6 Å². The molecule has 0 radical (unpaired) electrons. The third kappa shape index (κ3) is 3.48. The van der Waals surface area contributed by atoms with E-state index >= 15 is 0 Å². The van der Waals surface area contributed by atoms with Gasteiger partial charge >= 0.3 is 5.97 Å². The first-order valence-electron chi connectivity index (χ1n) is 4.81. The number of aliphatic hydroxyl groups excluding tert-OH is 1. The molecule has 1 heterocycles. The highest BCUT2D eigenvalue weighted by Gasteiger charge is 2.29. The SMILES string of the molecule is COC(=O)[C@H]1C[C@@H](SCCCO)CN1. The smallest absolute Gasteiger partial charge is 0.322 e. The highest BCUT2D eigenvalue weighted by molar-refractivity contribution is 7.99. The molecule has 1 fully saturated rings. The van der Waals surface area contributed by atoms with Gasteiger partial charge < -0.3 is 15.2 Å². The minimum atomic E-state index is -0.171. The predicted molar refractivity (Wildman–Crippen MR) is 56.4 cm³/mol. The van der Waals surface area contributed by atoms with Crippen LogP contribution in [-0.4, -0.2) is 48.4 Å². The molecule has 1 aliphatic rings. The summed E-state index contributed by atoms with van der Waals surface area (Å²) in [7, 11) is 1.41. The standard InChI is InChI=1S/C9H17NO3S/c1-13-9(12)8-5-7(6-10-8)14-4-2-3-11/h7-8,10-11H,2-6H2,1H3/t7-,8-/m1/s1. The van der Waals surface area contributed by atoms with Crippen LogP contribution in [0.4, 0.5) is 0 Å². The van der Waals surface area contributed by atoms with Gasteiger partial charge in [-0.15, -0.1) is 0 Å². The van der Waals surface area contributed by atoms with Gasteiger partial charge in [0.25, 0.3) is 0 Å². The first-order valence-corrected chi connectivity index (χ1v) is 5.86. The molecule has 0 bridgehead atoms. The zero-order chi connectivity index (χ0) is 10.4. The number of aliphatic hydroxyl groups is 1. The summed E-state index contributed by atoms with van der Waals surface area (Å²) >= 11 is 1.81. The van der Waals surface area contributed by atoms with Crippen LogP contribution in [0.25, 0.3) is 0 Å². The molecular formula is C9H17NO3S. The van der Waals surface area contributed by atoms with Gasteiger partial charge in [-0.05, 0) is 18.6 Å². The summed E-state index contributed by atoms with van der Waals surface area (Å²) in [5, 5.41) is 12.2. The molecule has 2 N–H and O–H groups in total. The van der Waals surface area contributed by atoms with Gasteiger partial charge in [0.15, 0.2) is 0 Å². The second-order valence-electron chi connectivity index (χ2n) is 3.29. The zero-order valence-electron chi connectivity index (χ0n) is 8.36. The molecule has 0 saturated carbocycles. The van der Waals surface area contributed by atoms with Crippen molar-refractivity contribution in [1.82, 2.24) is 5.32 Å². The minimum Gasteiger partial charge on any atom is -0.468 e. The van der Waals surface area contributed by atoms with Crippen molar-refractivity contribution in [1.29, 1.82) is 0 Å². The average molecular weight is 219 g/mol. The lowest BCUT2D eigenvalue weighted by atomic mass is 10.2. The Hall–Kier alpha value is -0.260. The van der Waals surface area contributed by atoms with Crippen molar-refractivity contribution in [3.8, 4) is 0 Å². The molecule has 1 aliphatic heterocycles. The summed E-state index contributed by atoms with van der Waals surface area (Å²) in [6.45, 7) is 1.10. The number of nitrogens with one attached hydrogen (secondary N) is 1. The molecule has 2 atom stereocenters. The van der Waals surface area contributed by atoms with E-state index in [-0.39, 0.29) is 18.6 Å². The molecule has 0 aromatic heterocycles. The quantitative estimate of drug-likeness (QED) is 0.504. The Balaban J connectivity index is 2.17. The van der Waals surface area contributed by atoms with Gasteiger partial charge in [-0.25, -0.2) is 0 Å². The van der Waals surface area contributed by atoms with E-state index in [1.165, 1.54) is 7.11 Å². The maximum atomic E-state index is 11.2. The van der Waals surface area contributed by atoms with Crippen LogP contribution in [0.5, 0.6) is 0 Å². The molecule has 0 aliphatic carbocycles. The lowest BCUT2D eigenvalue weighted by Crippen LogP contribution is -2.31. The highest BCUT2D eigenvalue weighted by Crippen LogP contribution is 2.22. The van der Waals surface area contributed by atoms with Crippen molar-refractivity contribution in [2.45, 2.75) is 24.1 Å². The van der Waals surface area contributed by atoms with E-state index in [9.17, 15) is 4.79 Å². The summed E-state index contributed by atoms with van der Waals surface area (Å²) in [4.78, 5) is 11.2. The number of rotatable bonds is 5. The summed E-state index contributed by atoms with van der Waals surface area (Å²) < 4.78 is 4.66. The van der Waals surface area contributed by atoms with Crippen LogP contribution in [0.3, 0.4) is 0 Å². The van der Waals surface area contributed by atoms with Crippen LogP contribution >= 0.6 is 11.8 Å². The van der Waals surface area contributed by atoms with Crippen LogP contribution in [-0.2, 0) is 9.53 Å². The molecule has 1 saturated heterocycles. The fourth-order valence-electron chi connectivity index (χ4n) is 1.47. The molecule has 1 rings (SSSR count). The summed E-state index contributed by atoms with van der Waals surface area (Å²) in [5.74, 6) is 0.784. The van der Waals surface area contributed by atoms with Crippen LogP contribution < -0.4 is 5.32 Å². The normalized spacial score (nSPS) is 26.4. The van der Waals surface area contributed by atoms with E-state index in [2.05, 4.69) is 10.1 Å². The molecule has 0 aromatic carbocycles. The van der Waals surface area contributed by atoms with Crippen molar-refractivity contribution in [2.75, 3.05) is 26.0 Å². The molecule has 4 nitrogen and oxygen atoms in total. The number of hydrogen-bond acceptors (Lipinski definition) is 5. The van der Waals surface area contributed by atoms with Crippen molar-refractivity contribution in [3.63, 3.8) is 0 Å². The van der Waals surface area contributed by atoms with E-state index in [1.807, 2.05) is 11.8 Å². The molecule has 0 amide bonds. The van der Waals surface area contributed by atoms with Crippen LogP contribution in [0, 0.1) is 0 Å². The monoisotopic (exact) mass is 219 g/mol. The lowest BCUT2D eigenvalue weighted by Gasteiger charge is -2.07. The highest BCUT2D eigenvalue weighted by atomic mass is 32.2. The number of carbonyl (C=O) groups excluding carboxylic acids is 1. The van der Waals surface area contributed by atoms with E-state index in [1.54, 1.807) is 0 Å². The Morgan fingerprint density at radius 1 is 1.71 bits per heavy atom. The van der Waals surface area contributed by atoms with Crippen LogP contribution in [0.15, 0.2) is 0 Å². The van der Waals surface area contributed by atoms with Gasteiger partial charge in [0.1, 0.15) is 6.04 Å². The summed E-state index contributed by atoms with van der Waals surface area (Å²) in [6, 6.07) is -0.133. The Morgan fingerprint density at radius 2 is 2.50 bits per heavy atom. The predicted octanol–water partition coefficient (Wildman–Crippen LogP) is 0.00550. The number of thioether (sulfide) groups is 1. The van der Waals surface area contributed by atoms with Crippen molar-refractivity contribution >= 4 is 17.7 Å². The van der Waals surface area contributed by atoms with E-state index in [0.29, 0.717) is 5.25 Å².